The van der Waals surface area contributed by atoms with E-state index in [4.69, 9.17) is 23.0 Å². The molecule has 0 saturated carbocycles. The van der Waals surface area contributed by atoms with E-state index in [1.807, 2.05) is 0 Å². The summed E-state index contributed by atoms with van der Waals surface area (Å²) in [7, 11) is 0. The highest BCUT2D eigenvalue weighted by atomic mass is 16.4. The molecule has 0 spiro atoms. The van der Waals surface area contributed by atoms with E-state index in [1.165, 1.54) is 18.3 Å². The van der Waals surface area contributed by atoms with E-state index >= 15 is 0 Å². The lowest BCUT2D eigenvalue weighted by Gasteiger charge is -2.22. The minimum atomic E-state index is -1.32. The number of anilines is 3. The number of terminal acetylenes is 1. The molecule has 1 aromatic carbocycles. The second-order valence-corrected chi connectivity index (χ2v) is 7.40. The lowest BCUT2D eigenvalue weighted by molar-refractivity contribution is -0.140. The molecule has 0 fully saturated rings. The molecular formula is C22H24N8O5. The van der Waals surface area contributed by atoms with E-state index in [0.29, 0.717) is 16.9 Å². The maximum absolute atomic E-state index is 12.5. The summed E-state index contributed by atoms with van der Waals surface area (Å²) < 4.78 is 0. The van der Waals surface area contributed by atoms with Crippen LogP contribution in [0.25, 0.3) is 11.2 Å². The van der Waals surface area contributed by atoms with Crippen molar-refractivity contribution in [1.82, 2.24) is 25.3 Å². The van der Waals surface area contributed by atoms with Crippen LogP contribution in [0.3, 0.4) is 0 Å². The Hall–Kier alpha value is -4.99. The van der Waals surface area contributed by atoms with E-state index in [-0.39, 0.29) is 50.3 Å². The number of aromatic nitrogens is 4. The average Bonchev–Trinajstić information content (AvgIpc) is 2.81. The number of nitrogen functional groups attached to an aromatic ring is 2. The van der Waals surface area contributed by atoms with Crippen molar-refractivity contribution in [2.45, 2.75) is 25.4 Å². The van der Waals surface area contributed by atoms with E-state index in [1.54, 1.807) is 17.0 Å². The number of hydrogen-bond donors (Lipinski definition) is 5. The Morgan fingerprint density at radius 2 is 1.86 bits per heavy atom. The summed E-state index contributed by atoms with van der Waals surface area (Å²) in [5.74, 6) is -0.463. The van der Waals surface area contributed by atoms with Crippen LogP contribution in [0.15, 0.2) is 30.5 Å². The smallest absolute Gasteiger partial charge is 0.326 e. The van der Waals surface area contributed by atoms with Crippen molar-refractivity contribution in [1.29, 1.82) is 0 Å². The maximum atomic E-state index is 12.5. The number of carbonyl (C=O) groups is 3. The first-order valence-corrected chi connectivity index (χ1v) is 10.3. The third-order valence-corrected chi connectivity index (χ3v) is 4.88. The quantitative estimate of drug-likeness (QED) is 0.251. The molecule has 13 heteroatoms. The molecular weight excluding hydrogens is 456 g/mol. The number of nitrogens with zero attached hydrogens (tertiary/aromatic N) is 5. The Balaban J connectivity index is 0.00000456. The van der Waals surface area contributed by atoms with Gasteiger partial charge in [0, 0.05) is 19.1 Å². The number of rotatable bonds is 10. The molecule has 0 bridgehead atoms. The molecule has 1 amide bonds. The van der Waals surface area contributed by atoms with Crippen LogP contribution in [0, 0.1) is 12.3 Å². The predicted octanol–water partition coefficient (Wildman–Crippen LogP) is 0.518. The molecule has 13 nitrogen and oxygen atoms in total. The molecule has 0 aliphatic carbocycles. The number of aliphatic carboxylic acids is 2. The van der Waals surface area contributed by atoms with Crippen LogP contribution < -0.4 is 21.7 Å². The zero-order chi connectivity index (χ0) is 25.5. The van der Waals surface area contributed by atoms with Crippen molar-refractivity contribution in [2.75, 3.05) is 22.9 Å². The normalized spacial score (nSPS) is 11.4. The first-order valence-electron chi connectivity index (χ1n) is 10.3. The number of nitrogens with one attached hydrogen (secondary N) is 1. The number of carbonyl (C=O) groups excluding carboxylic acids is 1. The molecule has 2 heterocycles. The largest absolute Gasteiger partial charge is 0.481 e. The van der Waals surface area contributed by atoms with Gasteiger partial charge in [0.15, 0.2) is 17.0 Å². The maximum Gasteiger partial charge on any atom is 0.326 e. The first-order chi connectivity index (χ1) is 16.7. The SMILES string of the molecule is C#CCN(Cc1cnc2nc(N)nc(N)c2n1)c1ccc(C(=O)NC(CCC(=O)O)C(=O)O)cc1.[HH]. The van der Waals surface area contributed by atoms with Crippen molar-refractivity contribution in [3.8, 4) is 12.3 Å². The number of nitrogens with two attached hydrogens (primary N) is 2. The Kier molecular flexibility index (Phi) is 7.57. The molecule has 182 valence electrons. The topological polar surface area (TPSA) is 211 Å². The van der Waals surface area contributed by atoms with Gasteiger partial charge in [-0.3, -0.25) is 9.59 Å². The van der Waals surface area contributed by atoms with Gasteiger partial charge < -0.3 is 31.9 Å². The summed E-state index contributed by atoms with van der Waals surface area (Å²) in [6, 6.07) is 4.97. The summed E-state index contributed by atoms with van der Waals surface area (Å²) >= 11 is 0. The van der Waals surface area contributed by atoms with Gasteiger partial charge in [0.05, 0.1) is 25.0 Å². The molecule has 3 aromatic rings. The molecule has 0 saturated heterocycles. The summed E-state index contributed by atoms with van der Waals surface area (Å²) in [5.41, 5.74) is 13.4. The third kappa shape index (κ3) is 6.29. The first kappa shape index (κ1) is 24.6. The molecule has 0 radical (unpaired) electrons. The van der Waals surface area contributed by atoms with Gasteiger partial charge in [-0.1, -0.05) is 5.92 Å². The van der Waals surface area contributed by atoms with Gasteiger partial charge in [-0.05, 0) is 30.7 Å². The monoisotopic (exact) mass is 480 g/mol. The molecule has 3 rings (SSSR count). The lowest BCUT2D eigenvalue weighted by atomic mass is 10.1. The zero-order valence-electron chi connectivity index (χ0n) is 18.4. The van der Waals surface area contributed by atoms with Crippen LogP contribution in [0.5, 0.6) is 0 Å². The molecule has 7 N–H and O–H groups in total. The number of benzene rings is 1. The van der Waals surface area contributed by atoms with Crippen LogP contribution in [0.4, 0.5) is 17.5 Å². The fourth-order valence-electron chi connectivity index (χ4n) is 3.19. The Bertz CT molecular complexity index is 1310. The molecule has 0 aliphatic heterocycles. The molecule has 35 heavy (non-hydrogen) atoms. The number of hydrogen-bond acceptors (Lipinski definition) is 10. The summed E-state index contributed by atoms with van der Waals surface area (Å²) in [4.78, 5) is 52.9. The van der Waals surface area contributed by atoms with Gasteiger partial charge in [0.1, 0.15) is 6.04 Å². The van der Waals surface area contributed by atoms with Gasteiger partial charge in [-0.15, -0.1) is 6.42 Å². The molecule has 1 atom stereocenters. The van der Waals surface area contributed by atoms with Gasteiger partial charge in [-0.25, -0.2) is 14.8 Å². The molecule has 2 aromatic heterocycles. The highest BCUT2D eigenvalue weighted by Gasteiger charge is 2.22. The van der Waals surface area contributed by atoms with Crippen LogP contribution >= 0.6 is 0 Å². The van der Waals surface area contributed by atoms with Gasteiger partial charge in [0.25, 0.3) is 5.91 Å². The van der Waals surface area contributed by atoms with Crippen molar-refractivity contribution >= 4 is 46.5 Å². The van der Waals surface area contributed by atoms with Crippen molar-refractivity contribution in [3.63, 3.8) is 0 Å². The summed E-state index contributed by atoms with van der Waals surface area (Å²) in [5, 5.41) is 20.3. The second kappa shape index (κ2) is 10.8. The fourth-order valence-corrected chi connectivity index (χ4v) is 3.19. The highest BCUT2D eigenvalue weighted by Crippen LogP contribution is 2.20. The van der Waals surface area contributed by atoms with Gasteiger partial charge >= 0.3 is 11.9 Å². The van der Waals surface area contributed by atoms with Crippen LogP contribution in [-0.4, -0.2) is 60.6 Å². The molecule has 0 aliphatic rings. The minimum absolute atomic E-state index is 0. The zero-order valence-corrected chi connectivity index (χ0v) is 18.4. The highest BCUT2D eigenvalue weighted by molar-refractivity contribution is 5.97. The number of fused-ring (bicyclic) bond motifs is 1. The van der Waals surface area contributed by atoms with E-state index in [2.05, 4.69) is 31.2 Å². The van der Waals surface area contributed by atoms with Gasteiger partial charge in [0.2, 0.25) is 5.95 Å². The van der Waals surface area contributed by atoms with Crippen molar-refractivity contribution in [2.24, 2.45) is 0 Å². The number of carboxylic acids is 2. The van der Waals surface area contributed by atoms with Crippen molar-refractivity contribution in [3.05, 3.63) is 41.7 Å². The number of amides is 1. The fraction of sp³-hybridized carbons (Fsp3) is 0.227. The molecule has 1 unspecified atom stereocenters. The Morgan fingerprint density at radius 3 is 2.49 bits per heavy atom. The van der Waals surface area contributed by atoms with Crippen LogP contribution in [0.1, 0.15) is 30.3 Å². The lowest BCUT2D eigenvalue weighted by Crippen LogP contribution is -2.41. The number of carboxylic acid groups (broad SMARTS) is 2. The second-order valence-electron chi connectivity index (χ2n) is 7.40. The van der Waals surface area contributed by atoms with E-state index in [9.17, 15) is 19.5 Å². The standard InChI is InChI=1S/C22H22N8O5.H2/c1-2-9-30(11-13-10-25-19-17(26-13)18(23)28-22(24)29-19)14-5-3-12(4-6-14)20(33)27-15(21(34)35)7-8-16(31)32;/h1,3-6,10,15H,7-9,11H2,(H,27,33)(H,31,32)(H,34,35)(H4,23,24,25,28,29);1H. The summed E-state index contributed by atoms with van der Waals surface area (Å²) in [6.45, 7) is 0.480. The van der Waals surface area contributed by atoms with E-state index < -0.39 is 23.9 Å². The van der Waals surface area contributed by atoms with Gasteiger partial charge in [-0.2, -0.15) is 9.97 Å². The van der Waals surface area contributed by atoms with E-state index in [0.717, 1.165) is 0 Å². The predicted molar refractivity (Wildman–Crippen MR) is 128 cm³/mol. The van der Waals surface area contributed by atoms with Crippen LogP contribution in [-0.2, 0) is 16.1 Å². The van der Waals surface area contributed by atoms with Crippen LogP contribution in [0.2, 0.25) is 0 Å². The summed E-state index contributed by atoms with van der Waals surface area (Å²) in [6.07, 6.45) is 6.41. The average molecular weight is 480 g/mol. The minimum Gasteiger partial charge on any atom is -0.481 e. The van der Waals surface area contributed by atoms with Crippen molar-refractivity contribution < 1.29 is 26.0 Å². The third-order valence-electron chi connectivity index (χ3n) is 4.88. The Labute approximate surface area is 200 Å². The Morgan fingerprint density at radius 1 is 1.14 bits per heavy atom.